The second kappa shape index (κ2) is 6.01. The summed E-state index contributed by atoms with van der Waals surface area (Å²) in [5.41, 5.74) is 0.610. The van der Waals surface area contributed by atoms with Gasteiger partial charge in [-0.1, -0.05) is 6.07 Å². The Morgan fingerprint density at radius 3 is 2.93 bits per heavy atom. The molecule has 0 aliphatic carbocycles. The van der Waals surface area contributed by atoms with Gasteiger partial charge in [-0.2, -0.15) is 5.26 Å². The zero-order valence-electron chi connectivity index (χ0n) is 8.19. The first-order valence-corrected chi connectivity index (χ1v) is 4.57. The summed E-state index contributed by atoms with van der Waals surface area (Å²) >= 11 is 0. The number of hydrogen-bond donors (Lipinski definition) is 0. The van der Waals surface area contributed by atoms with Crippen LogP contribution in [0.25, 0.3) is 0 Å². The van der Waals surface area contributed by atoms with Gasteiger partial charge in [0, 0.05) is 6.61 Å². The minimum atomic E-state index is 0.517. The summed E-state index contributed by atoms with van der Waals surface area (Å²) in [6.45, 7) is 3.73. The highest BCUT2D eigenvalue weighted by atomic mass is 16.5. The zero-order chi connectivity index (χ0) is 10.2. The van der Waals surface area contributed by atoms with Gasteiger partial charge in [-0.05, 0) is 25.1 Å². The largest absolute Gasteiger partial charge is 0.491 e. The van der Waals surface area contributed by atoms with E-state index in [2.05, 4.69) is 6.07 Å². The molecule has 0 N–H and O–H groups in total. The third-order valence-corrected chi connectivity index (χ3v) is 1.66. The fourth-order valence-electron chi connectivity index (χ4n) is 1.02. The molecule has 0 atom stereocenters. The number of rotatable bonds is 5. The van der Waals surface area contributed by atoms with E-state index in [1.807, 2.05) is 13.0 Å². The van der Waals surface area contributed by atoms with Gasteiger partial charge in [0.15, 0.2) is 0 Å². The summed E-state index contributed by atoms with van der Waals surface area (Å²) in [5.74, 6) is 0.712. The van der Waals surface area contributed by atoms with Crippen LogP contribution in [0.5, 0.6) is 5.75 Å². The van der Waals surface area contributed by atoms with Crippen molar-refractivity contribution in [3.05, 3.63) is 29.8 Å². The molecule has 1 rings (SSSR count). The van der Waals surface area contributed by atoms with Crippen LogP contribution in [-0.4, -0.2) is 19.8 Å². The number of ether oxygens (including phenoxy) is 2. The summed E-state index contributed by atoms with van der Waals surface area (Å²) in [4.78, 5) is 0. The number of nitriles is 1. The molecule has 0 saturated heterocycles. The van der Waals surface area contributed by atoms with E-state index in [1.165, 1.54) is 0 Å². The summed E-state index contributed by atoms with van der Waals surface area (Å²) in [7, 11) is 0. The lowest BCUT2D eigenvalue weighted by atomic mass is 10.2. The highest BCUT2D eigenvalue weighted by Crippen LogP contribution is 2.11. The third kappa shape index (κ3) is 3.46. The fraction of sp³-hybridized carbons (Fsp3) is 0.364. The average molecular weight is 191 g/mol. The van der Waals surface area contributed by atoms with Crippen molar-refractivity contribution in [2.24, 2.45) is 0 Å². The highest BCUT2D eigenvalue weighted by molar-refractivity contribution is 5.36. The maximum Gasteiger partial charge on any atom is 0.120 e. The van der Waals surface area contributed by atoms with Gasteiger partial charge in [-0.3, -0.25) is 0 Å². The summed E-state index contributed by atoms with van der Waals surface area (Å²) in [5, 5.41) is 8.64. The monoisotopic (exact) mass is 191 g/mol. The first-order chi connectivity index (χ1) is 6.86. The van der Waals surface area contributed by atoms with Crippen molar-refractivity contribution in [3.63, 3.8) is 0 Å². The van der Waals surface area contributed by atoms with E-state index in [9.17, 15) is 0 Å². The molecule has 0 aliphatic heterocycles. The molecule has 74 valence electrons. The Bertz CT molecular complexity index is 317. The molecule has 0 unspecified atom stereocenters. The van der Waals surface area contributed by atoms with Crippen LogP contribution in [0.15, 0.2) is 24.3 Å². The molecule has 14 heavy (non-hydrogen) atoms. The van der Waals surface area contributed by atoms with Crippen molar-refractivity contribution in [1.82, 2.24) is 0 Å². The van der Waals surface area contributed by atoms with E-state index in [0.29, 0.717) is 31.1 Å². The van der Waals surface area contributed by atoms with Crippen molar-refractivity contribution in [3.8, 4) is 11.8 Å². The Kier molecular flexibility index (Phi) is 4.53. The topological polar surface area (TPSA) is 42.2 Å². The van der Waals surface area contributed by atoms with Crippen LogP contribution in [0.2, 0.25) is 0 Å². The molecule has 0 aromatic heterocycles. The molecule has 0 aliphatic rings. The predicted molar refractivity (Wildman–Crippen MR) is 53.1 cm³/mol. The van der Waals surface area contributed by atoms with Crippen LogP contribution in [0.1, 0.15) is 12.5 Å². The lowest BCUT2D eigenvalue weighted by molar-refractivity contribution is 0.110. The van der Waals surface area contributed by atoms with Crippen molar-refractivity contribution in [2.75, 3.05) is 19.8 Å². The van der Waals surface area contributed by atoms with Crippen LogP contribution >= 0.6 is 0 Å². The van der Waals surface area contributed by atoms with E-state index in [-0.39, 0.29) is 0 Å². The van der Waals surface area contributed by atoms with Gasteiger partial charge in [0.05, 0.1) is 18.2 Å². The molecule has 0 saturated carbocycles. The molecule has 1 aromatic rings. The number of hydrogen-bond acceptors (Lipinski definition) is 3. The van der Waals surface area contributed by atoms with Crippen LogP contribution in [0.3, 0.4) is 0 Å². The molecule has 3 heteroatoms. The van der Waals surface area contributed by atoms with Crippen molar-refractivity contribution in [2.45, 2.75) is 6.92 Å². The van der Waals surface area contributed by atoms with Gasteiger partial charge >= 0.3 is 0 Å². The molecule has 0 bridgehead atoms. The van der Waals surface area contributed by atoms with Crippen LogP contribution in [-0.2, 0) is 4.74 Å². The second-order valence-electron chi connectivity index (χ2n) is 2.69. The lowest BCUT2D eigenvalue weighted by Crippen LogP contribution is -2.06. The molecule has 0 amide bonds. The molecule has 0 radical (unpaired) electrons. The van der Waals surface area contributed by atoms with Crippen LogP contribution in [0.4, 0.5) is 0 Å². The normalized spacial score (nSPS) is 9.43. The lowest BCUT2D eigenvalue weighted by Gasteiger charge is -2.05. The van der Waals surface area contributed by atoms with Gasteiger partial charge in [-0.15, -0.1) is 0 Å². The van der Waals surface area contributed by atoms with E-state index >= 15 is 0 Å². The quantitative estimate of drug-likeness (QED) is 0.668. The zero-order valence-corrected chi connectivity index (χ0v) is 8.19. The standard InChI is InChI=1S/C11H13NO2/c1-2-13-6-7-14-11-5-3-4-10(8-11)9-12/h3-5,8H,2,6-7H2,1H3. The predicted octanol–water partition coefficient (Wildman–Crippen LogP) is 1.97. The maximum absolute atomic E-state index is 8.64. The fourth-order valence-corrected chi connectivity index (χ4v) is 1.02. The smallest absolute Gasteiger partial charge is 0.120 e. The third-order valence-electron chi connectivity index (χ3n) is 1.66. The van der Waals surface area contributed by atoms with Crippen molar-refractivity contribution < 1.29 is 9.47 Å². The molecule has 1 aromatic carbocycles. The van der Waals surface area contributed by atoms with Gasteiger partial charge in [0.25, 0.3) is 0 Å². The van der Waals surface area contributed by atoms with Gasteiger partial charge in [0.1, 0.15) is 12.4 Å². The Morgan fingerprint density at radius 1 is 1.36 bits per heavy atom. The van der Waals surface area contributed by atoms with Crippen molar-refractivity contribution >= 4 is 0 Å². The highest BCUT2D eigenvalue weighted by Gasteiger charge is 1.95. The second-order valence-corrected chi connectivity index (χ2v) is 2.69. The van der Waals surface area contributed by atoms with Gasteiger partial charge < -0.3 is 9.47 Å². The molecule has 0 heterocycles. The van der Waals surface area contributed by atoms with Gasteiger partial charge in [0.2, 0.25) is 0 Å². The SMILES string of the molecule is CCOCCOc1cccc(C#N)c1. The molecule has 3 nitrogen and oxygen atoms in total. The molecular weight excluding hydrogens is 178 g/mol. The summed E-state index contributed by atoms with van der Waals surface area (Å²) in [6, 6.07) is 9.14. The van der Waals surface area contributed by atoms with E-state index in [0.717, 1.165) is 0 Å². The summed E-state index contributed by atoms with van der Waals surface area (Å²) in [6.07, 6.45) is 0. The minimum Gasteiger partial charge on any atom is -0.491 e. The Labute approximate surface area is 83.9 Å². The van der Waals surface area contributed by atoms with E-state index < -0.39 is 0 Å². The number of nitrogens with zero attached hydrogens (tertiary/aromatic N) is 1. The minimum absolute atomic E-state index is 0.517. The molecule has 0 fully saturated rings. The first-order valence-electron chi connectivity index (χ1n) is 4.57. The Hall–Kier alpha value is -1.53. The summed E-state index contributed by atoms with van der Waals surface area (Å²) < 4.78 is 10.5. The van der Waals surface area contributed by atoms with E-state index in [4.69, 9.17) is 14.7 Å². The Balaban J connectivity index is 2.39. The van der Waals surface area contributed by atoms with Crippen molar-refractivity contribution in [1.29, 1.82) is 5.26 Å². The van der Waals surface area contributed by atoms with Gasteiger partial charge in [-0.25, -0.2) is 0 Å². The van der Waals surface area contributed by atoms with Crippen LogP contribution < -0.4 is 4.74 Å². The number of benzene rings is 1. The maximum atomic E-state index is 8.64. The average Bonchev–Trinajstić information content (AvgIpc) is 2.25. The van der Waals surface area contributed by atoms with E-state index in [1.54, 1.807) is 18.2 Å². The molecule has 0 spiro atoms. The Morgan fingerprint density at radius 2 is 2.21 bits per heavy atom. The van der Waals surface area contributed by atoms with Crippen LogP contribution in [0, 0.1) is 11.3 Å². The first kappa shape index (κ1) is 10.6. The molecular formula is C11H13NO2.